The lowest BCUT2D eigenvalue weighted by Crippen LogP contribution is -2.26. The number of nitrogens with zero attached hydrogens (tertiary/aromatic N) is 1. The van der Waals surface area contributed by atoms with Crippen LogP contribution in [0.4, 0.5) is 5.69 Å². The Kier molecular flexibility index (Phi) is 3.96. The lowest BCUT2D eigenvalue weighted by atomic mass is 10.1. The van der Waals surface area contributed by atoms with Gasteiger partial charge in [0.2, 0.25) is 0 Å². The number of nitro groups is 1. The highest BCUT2D eigenvalue weighted by atomic mass is 16.6. The topological polar surface area (TPSA) is 92.5 Å². The molecule has 1 amide bonds. The Morgan fingerprint density at radius 2 is 2.25 bits per heavy atom. The fourth-order valence-corrected chi connectivity index (χ4v) is 1.22. The minimum Gasteiger partial charge on any atom is -0.395 e. The molecule has 0 spiro atoms. The molecule has 6 heteroatoms. The summed E-state index contributed by atoms with van der Waals surface area (Å²) >= 11 is 0. The SMILES string of the molecule is Cc1ccc(C(=O)NCCO)cc1[N+](=O)[O-]. The van der Waals surface area contributed by atoms with Crippen LogP contribution in [0.5, 0.6) is 0 Å². The molecule has 86 valence electrons. The zero-order valence-corrected chi connectivity index (χ0v) is 8.77. The van der Waals surface area contributed by atoms with E-state index in [0.717, 1.165) is 0 Å². The number of rotatable bonds is 4. The van der Waals surface area contributed by atoms with Gasteiger partial charge in [0.1, 0.15) is 0 Å². The van der Waals surface area contributed by atoms with Crippen molar-refractivity contribution in [3.8, 4) is 0 Å². The van der Waals surface area contributed by atoms with Gasteiger partial charge in [0.25, 0.3) is 11.6 Å². The van der Waals surface area contributed by atoms with E-state index in [-0.39, 0.29) is 24.4 Å². The van der Waals surface area contributed by atoms with Crippen LogP contribution in [0.3, 0.4) is 0 Å². The minimum atomic E-state index is -0.530. The number of nitro benzene ring substituents is 1. The maximum Gasteiger partial charge on any atom is 0.273 e. The number of aliphatic hydroxyl groups excluding tert-OH is 1. The smallest absolute Gasteiger partial charge is 0.273 e. The van der Waals surface area contributed by atoms with Crippen molar-refractivity contribution >= 4 is 11.6 Å². The number of carbonyl (C=O) groups is 1. The molecule has 0 unspecified atom stereocenters. The molecule has 0 saturated carbocycles. The Morgan fingerprint density at radius 1 is 1.56 bits per heavy atom. The molecule has 0 saturated heterocycles. The third kappa shape index (κ3) is 2.77. The Bertz CT molecular complexity index is 417. The molecule has 0 bridgehead atoms. The molecular weight excluding hydrogens is 212 g/mol. The summed E-state index contributed by atoms with van der Waals surface area (Å²) in [5.74, 6) is -0.433. The standard InChI is InChI=1S/C10H12N2O4/c1-7-2-3-8(6-9(7)12(15)16)10(14)11-4-5-13/h2-3,6,13H,4-5H2,1H3,(H,11,14). The van der Waals surface area contributed by atoms with Crippen LogP contribution in [0.25, 0.3) is 0 Å². The molecule has 6 nitrogen and oxygen atoms in total. The number of aryl methyl sites for hydroxylation is 1. The molecule has 0 aliphatic carbocycles. The number of benzene rings is 1. The van der Waals surface area contributed by atoms with Crippen molar-refractivity contribution in [3.63, 3.8) is 0 Å². The summed E-state index contributed by atoms with van der Waals surface area (Å²) in [5.41, 5.74) is 0.631. The average molecular weight is 224 g/mol. The van der Waals surface area contributed by atoms with Crippen molar-refractivity contribution in [2.75, 3.05) is 13.2 Å². The number of hydrogen-bond donors (Lipinski definition) is 2. The number of nitrogens with one attached hydrogen (secondary N) is 1. The van der Waals surface area contributed by atoms with E-state index >= 15 is 0 Å². The van der Waals surface area contributed by atoms with E-state index in [2.05, 4.69) is 5.32 Å². The van der Waals surface area contributed by atoms with Crippen molar-refractivity contribution < 1.29 is 14.8 Å². The van der Waals surface area contributed by atoms with Crippen molar-refractivity contribution in [1.29, 1.82) is 0 Å². The summed E-state index contributed by atoms with van der Waals surface area (Å²) < 4.78 is 0. The van der Waals surface area contributed by atoms with Gasteiger partial charge in [0.05, 0.1) is 11.5 Å². The van der Waals surface area contributed by atoms with Crippen LogP contribution in [0, 0.1) is 17.0 Å². The summed E-state index contributed by atoms with van der Waals surface area (Å²) in [5, 5.41) is 21.6. The summed E-state index contributed by atoms with van der Waals surface area (Å²) in [7, 11) is 0. The predicted octanol–water partition coefficient (Wildman–Crippen LogP) is 0.625. The molecule has 16 heavy (non-hydrogen) atoms. The van der Waals surface area contributed by atoms with Gasteiger partial charge in [-0.25, -0.2) is 0 Å². The first-order chi connectivity index (χ1) is 7.56. The molecular formula is C10H12N2O4. The highest BCUT2D eigenvalue weighted by molar-refractivity contribution is 5.94. The van der Waals surface area contributed by atoms with Gasteiger partial charge in [-0.05, 0) is 13.0 Å². The van der Waals surface area contributed by atoms with Crippen LogP contribution in [-0.2, 0) is 0 Å². The number of carbonyl (C=O) groups excluding carboxylic acids is 1. The van der Waals surface area contributed by atoms with Crippen LogP contribution < -0.4 is 5.32 Å². The molecule has 2 N–H and O–H groups in total. The second kappa shape index (κ2) is 5.22. The Morgan fingerprint density at radius 3 is 2.81 bits per heavy atom. The quantitative estimate of drug-likeness (QED) is 0.579. The predicted molar refractivity (Wildman–Crippen MR) is 57.3 cm³/mol. The van der Waals surface area contributed by atoms with E-state index in [1.54, 1.807) is 6.92 Å². The number of aliphatic hydroxyl groups is 1. The summed E-state index contributed by atoms with van der Waals surface area (Å²) in [6.45, 7) is 1.56. The van der Waals surface area contributed by atoms with Gasteiger partial charge in [0.15, 0.2) is 0 Å². The van der Waals surface area contributed by atoms with E-state index in [1.807, 2.05) is 0 Å². The van der Waals surface area contributed by atoms with Gasteiger partial charge in [-0.1, -0.05) is 6.07 Å². The molecule has 0 aliphatic rings. The maximum atomic E-state index is 11.4. The second-order valence-electron chi connectivity index (χ2n) is 3.24. The van der Waals surface area contributed by atoms with Crippen LogP contribution >= 0.6 is 0 Å². The normalized spacial score (nSPS) is 9.88. The Hall–Kier alpha value is -1.95. The first-order valence-corrected chi connectivity index (χ1v) is 4.70. The van der Waals surface area contributed by atoms with Crippen LogP contribution in [0.15, 0.2) is 18.2 Å². The fraction of sp³-hybridized carbons (Fsp3) is 0.300. The Balaban J connectivity index is 2.94. The maximum absolute atomic E-state index is 11.4. The summed E-state index contributed by atoms with van der Waals surface area (Å²) in [6, 6.07) is 4.25. The molecule has 0 radical (unpaired) electrons. The van der Waals surface area contributed by atoms with Gasteiger partial charge in [-0.2, -0.15) is 0 Å². The zero-order chi connectivity index (χ0) is 12.1. The van der Waals surface area contributed by atoms with Crippen molar-refractivity contribution in [1.82, 2.24) is 5.32 Å². The Labute approximate surface area is 92.0 Å². The first-order valence-electron chi connectivity index (χ1n) is 4.70. The zero-order valence-electron chi connectivity index (χ0n) is 8.77. The third-order valence-corrected chi connectivity index (χ3v) is 2.07. The average Bonchev–Trinajstić information content (AvgIpc) is 2.26. The summed E-state index contributed by atoms with van der Waals surface area (Å²) in [4.78, 5) is 21.6. The molecule has 1 rings (SSSR count). The van der Waals surface area contributed by atoms with E-state index in [1.165, 1.54) is 18.2 Å². The van der Waals surface area contributed by atoms with Crippen LogP contribution in [0.1, 0.15) is 15.9 Å². The molecule has 0 aliphatic heterocycles. The lowest BCUT2D eigenvalue weighted by molar-refractivity contribution is -0.385. The molecule has 0 heterocycles. The van der Waals surface area contributed by atoms with Crippen molar-refractivity contribution in [3.05, 3.63) is 39.4 Å². The van der Waals surface area contributed by atoms with E-state index in [4.69, 9.17) is 5.11 Å². The minimum absolute atomic E-state index is 0.0864. The largest absolute Gasteiger partial charge is 0.395 e. The molecule has 0 aromatic heterocycles. The fourth-order valence-electron chi connectivity index (χ4n) is 1.22. The number of hydrogen-bond acceptors (Lipinski definition) is 4. The van der Waals surface area contributed by atoms with Gasteiger partial charge in [-0.3, -0.25) is 14.9 Å². The first kappa shape index (κ1) is 12.1. The van der Waals surface area contributed by atoms with Crippen molar-refractivity contribution in [2.45, 2.75) is 6.92 Å². The molecule has 0 atom stereocenters. The van der Waals surface area contributed by atoms with Crippen LogP contribution in [0.2, 0.25) is 0 Å². The van der Waals surface area contributed by atoms with Crippen LogP contribution in [-0.4, -0.2) is 29.1 Å². The second-order valence-corrected chi connectivity index (χ2v) is 3.24. The lowest BCUT2D eigenvalue weighted by Gasteiger charge is -2.04. The molecule has 0 fully saturated rings. The molecule has 1 aromatic rings. The van der Waals surface area contributed by atoms with Gasteiger partial charge in [-0.15, -0.1) is 0 Å². The van der Waals surface area contributed by atoms with Gasteiger partial charge < -0.3 is 10.4 Å². The van der Waals surface area contributed by atoms with Gasteiger partial charge >= 0.3 is 0 Å². The highest BCUT2D eigenvalue weighted by Crippen LogP contribution is 2.18. The van der Waals surface area contributed by atoms with Gasteiger partial charge in [0, 0.05) is 23.7 Å². The highest BCUT2D eigenvalue weighted by Gasteiger charge is 2.14. The van der Waals surface area contributed by atoms with Crippen molar-refractivity contribution in [2.24, 2.45) is 0 Å². The summed E-state index contributed by atoms with van der Waals surface area (Å²) in [6.07, 6.45) is 0. The number of amides is 1. The van der Waals surface area contributed by atoms with E-state index < -0.39 is 10.8 Å². The molecule has 1 aromatic carbocycles. The third-order valence-electron chi connectivity index (χ3n) is 2.07. The van der Waals surface area contributed by atoms with E-state index in [0.29, 0.717) is 5.56 Å². The van der Waals surface area contributed by atoms with E-state index in [9.17, 15) is 14.9 Å². The monoisotopic (exact) mass is 224 g/mol.